The topological polar surface area (TPSA) is 76.7 Å². The molecule has 102 valence electrons. The van der Waals surface area contributed by atoms with Crippen LogP contribution in [0.15, 0.2) is 18.2 Å². The third-order valence-electron chi connectivity index (χ3n) is 3.34. The smallest absolute Gasteiger partial charge is 0.322 e. The molecule has 1 aromatic carbocycles. The van der Waals surface area contributed by atoms with Gasteiger partial charge in [-0.1, -0.05) is 6.92 Å². The summed E-state index contributed by atoms with van der Waals surface area (Å²) < 4.78 is 10.4. The van der Waals surface area contributed by atoms with Gasteiger partial charge in [-0.3, -0.25) is 10.1 Å². The molecule has 19 heavy (non-hydrogen) atoms. The highest BCUT2D eigenvalue weighted by atomic mass is 16.5. The maximum atomic E-state index is 12.1. The second-order valence-electron chi connectivity index (χ2n) is 4.23. The summed E-state index contributed by atoms with van der Waals surface area (Å²) in [7, 11) is 3.06. The molecule has 2 N–H and O–H groups in total. The second kappa shape index (κ2) is 4.79. The summed E-state index contributed by atoms with van der Waals surface area (Å²) in [5, 5.41) is 4.93. The van der Waals surface area contributed by atoms with E-state index in [1.165, 1.54) is 14.2 Å². The van der Waals surface area contributed by atoms with Gasteiger partial charge in [0.05, 0.1) is 14.2 Å². The van der Waals surface area contributed by atoms with Crippen molar-refractivity contribution in [2.45, 2.75) is 18.9 Å². The lowest BCUT2D eigenvalue weighted by atomic mass is 9.86. The summed E-state index contributed by atoms with van der Waals surface area (Å²) in [6.45, 7) is 1.82. The van der Waals surface area contributed by atoms with Crippen LogP contribution in [0.4, 0.5) is 4.79 Å². The van der Waals surface area contributed by atoms with E-state index in [0.717, 1.165) is 0 Å². The minimum atomic E-state index is -1.11. The molecule has 1 fully saturated rings. The first-order chi connectivity index (χ1) is 9.07. The Morgan fingerprint density at radius 1 is 1.21 bits per heavy atom. The van der Waals surface area contributed by atoms with E-state index in [2.05, 4.69) is 10.6 Å². The Hall–Kier alpha value is -2.24. The van der Waals surface area contributed by atoms with Gasteiger partial charge in [-0.15, -0.1) is 0 Å². The Kier molecular flexibility index (Phi) is 3.33. The van der Waals surface area contributed by atoms with Gasteiger partial charge in [0.25, 0.3) is 5.91 Å². The zero-order valence-electron chi connectivity index (χ0n) is 11.1. The number of carbonyl (C=O) groups is 2. The third kappa shape index (κ3) is 1.99. The lowest BCUT2D eigenvalue weighted by Crippen LogP contribution is -2.43. The quantitative estimate of drug-likeness (QED) is 0.800. The number of ether oxygens (including phenoxy) is 2. The Bertz CT molecular complexity index is 529. The molecule has 1 atom stereocenters. The molecule has 0 saturated carbocycles. The van der Waals surface area contributed by atoms with Crippen LogP contribution < -0.4 is 20.1 Å². The highest BCUT2D eigenvalue weighted by Crippen LogP contribution is 2.37. The molecule has 6 nitrogen and oxygen atoms in total. The first-order valence-electron chi connectivity index (χ1n) is 5.93. The predicted octanol–water partition coefficient (Wildman–Crippen LogP) is 1.15. The lowest BCUT2D eigenvalue weighted by molar-refractivity contribution is -0.124. The van der Waals surface area contributed by atoms with Gasteiger partial charge >= 0.3 is 6.03 Å². The maximum absolute atomic E-state index is 12.1. The standard InChI is InChI=1S/C13H16N2O4/c1-4-13(11(16)14-12(17)15-13)9-7-8(18-2)5-6-10(9)19-3/h5-7H,4H2,1-3H3,(H2,14,15,16,17)/t13-/m1/s1. The molecule has 1 heterocycles. The van der Waals surface area contributed by atoms with Crippen molar-refractivity contribution in [1.29, 1.82) is 0 Å². The van der Waals surface area contributed by atoms with E-state index < -0.39 is 11.6 Å². The summed E-state index contributed by atoms with van der Waals surface area (Å²) in [5.41, 5.74) is -0.531. The van der Waals surface area contributed by atoms with Crippen LogP contribution in [0.2, 0.25) is 0 Å². The number of imide groups is 1. The van der Waals surface area contributed by atoms with Crippen molar-refractivity contribution in [2.24, 2.45) is 0 Å². The molecule has 6 heteroatoms. The van der Waals surface area contributed by atoms with Crippen LogP contribution in [-0.4, -0.2) is 26.2 Å². The van der Waals surface area contributed by atoms with Crippen molar-refractivity contribution in [3.63, 3.8) is 0 Å². The van der Waals surface area contributed by atoms with Crippen LogP contribution in [-0.2, 0) is 10.3 Å². The van der Waals surface area contributed by atoms with Gasteiger partial charge in [-0.05, 0) is 24.6 Å². The highest BCUT2D eigenvalue weighted by molar-refractivity contribution is 6.07. The zero-order valence-corrected chi connectivity index (χ0v) is 11.1. The number of nitrogens with one attached hydrogen (secondary N) is 2. The van der Waals surface area contributed by atoms with E-state index in [-0.39, 0.29) is 5.91 Å². The van der Waals surface area contributed by atoms with Crippen molar-refractivity contribution in [1.82, 2.24) is 10.6 Å². The molecule has 0 spiro atoms. The average Bonchev–Trinajstić information content (AvgIpc) is 2.73. The van der Waals surface area contributed by atoms with Crippen molar-refractivity contribution in [3.05, 3.63) is 23.8 Å². The molecular formula is C13H16N2O4. The molecule has 1 aromatic rings. The van der Waals surface area contributed by atoms with Crippen molar-refractivity contribution in [2.75, 3.05) is 14.2 Å². The highest BCUT2D eigenvalue weighted by Gasteiger charge is 2.48. The molecule has 0 aliphatic carbocycles. The van der Waals surface area contributed by atoms with Gasteiger partial charge < -0.3 is 14.8 Å². The first kappa shape index (κ1) is 13.2. The van der Waals surface area contributed by atoms with Crippen molar-refractivity contribution in [3.8, 4) is 11.5 Å². The number of benzene rings is 1. The lowest BCUT2D eigenvalue weighted by Gasteiger charge is -2.27. The fraction of sp³-hybridized carbons (Fsp3) is 0.385. The van der Waals surface area contributed by atoms with Crippen molar-refractivity contribution < 1.29 is 19.1 Å². The Morgan fingerprint density at radius 3 is 2.42 bits per heavy atom. The number of hydrogen-bond acceptors (Lipinski definition) is 4. The predicted molar refractivity (Wildman–Crippen MR) is 68.2 cm³/mol. The van der Waals surface area contributed by atoms with E-state index in [0.29, 0.717) is 23.5 Å². The van der Waals surface area contributed by atoms with Crippen LogP contribution in [0.25, 0.3) is 0 Å². The molecule has 2 rings (SSSR count). The minimum Gasteiger partial charge on any atom is -0.497 e. The number of carbonyl (C=O) groups excluding carboxylic acids is 2. The maximum Gasteiger partial charge on any atom is 0.322 e. The van der Waals surface area contributed by atoms with Gasteiger partial charge in [0, 0.05) is 5.56 Å². The normalized spacial score (nSPS) is 21.8. The molecule has 1 aliphatic rings. The molecule has 1 saturated heterocycles. The minimum absolute atomic E-state index is 0.383. The molecule has 3 amide bonds. The van der Waals surface area contributed by atoms with Gasteiger partial charge in [-0.2, -0.15) is 0 Å². The number of methoxy groups -OCH3 is 2. The van der Waals surface area contributed by atoms with E-state index >= 15 is 0 Å². The number of hydrogen-bond donors (Lipinski definition) is 2. The van der Waals surface area contributed by atoms with Crippen molar-refractivity contribution >= 4 is 11.9 Å². The van der Waals surface area contributed by atoms with Crippen LogP contribution in [0.5, 0.6) is 11.5 Å². The van der Waals surface area contributed by atoms with Crippen LogP contribution >= 0.6 is 0 Å². The largest absolute Gasteiger partial charge is 0.497 e. The summed E-state index contributed by atoms with van der Waals surface area (Å²) >= 11 is 0. The summed E-state index contributed by atoms with van der Waals surface area (Å²) in [6.07, 6.45) is 0.411. The Morgan fingerprint density at radius 2 is 1.95 bits per heavy atom. The van der Waals surface area contributed by atoms with Crippen LogP contribution in [0, 0.1) is 0 Å². The third-order valence-corrected chi connectivity index (χ3v) is 3.34. The van der Waals surface area contributed by atoms with E-state index in [1.54, 1.807) is 18.2 Å². The molecule has 1 aliphatic heterocycles. The van der Waals surface area contributed by atoms with Gasteiger partial charge in [-0.25, -0.2) is 4.79 Å². The first-order valence-corrected chi connectivity index (χ1v) is 5.93. The van der Waals surface area contributed by atoms with Crippen LogP contribution in [0.3, 0.4) is 0 Å². The SMILES string of the molecule is CC[C@]1(c2cc(OC)ccc2OC)NC(=O)NC1=O. The van der Waals surface area contributed by atoms with E-state index in [4.69, 9.17) is 9.47 Å². The molecule has 0 aromatic heterocycles. The summed E-state index contributed by atoms with van der Waals surface area (Å²) in [6, 6.07) is 4.65. The van der Waals surface area contributed by atoms with Crippen LogP contribution in [0.1, 0.15) is 18.9 Å². The fourth-order valence-electron chi connectivity index (χ4n) is 2.27. The van der Waals surface area contributed by atoms with Gasteiger partial charge in [0.1, 0.15) is 17.0 Å². The summed E-state index contributed by atoms with van der Waals surface area (Å²) in [4.78, 5) is 23.6. The monoisotopic (exact) mass is 264 g/mol. The van der Waals surface area contributed by atoms with Gasteiger partial charge in [0.15, 0.2) is 0 Å². The second-order valence-corrected chi connectivity index (χ2v) is 4.23. The number of rotatable bonds is 4. The summed E-state index contributed by atoms with van der Waals surface area (Å²) in [5.74, 6) is 0.740. The fourth-order valence-corrected chi connectivity index (χ4v) is 2.27. The zero-order chi connectivity index (χ0) is 14.0. The Balaban J connectivity index is 2.60. The van der Waals surface area contributed by atoms with Gasteiger partial charge in [0.2, 0.25) is 0 Å². The Labute approximate surface area is 111 Å². The molecule has 0 bridgehead atoms. The van der Waals surface area contributed by atoms with E-state index in [9.17, 15) is 9.59 Å². The number of urea groups is 1. The van der Waals surface area contributed by atoms with E-state index in [1.807, 2.05) is 6.92 Å². The average molecular weight is 264 g/mol. The number of amides is 3. The molecule has 0 unspecified atom stereocenters. The molecular weight excluding hydrogens is 248 g/mol. The molecule has 0 radical (unpaired) electrons.